The van der Waals surface area contributed by atoms with Crippen molar-refractivity contribution < 1.29 is 18.4 Å². The molecule has 4 saturated heterocycles. The quantitative estimate of drug-likeness (QED) is 0.325. The van der Waals surface area contributed by atoms with Crippen LogP contribution in [0.15, 0.2) is 24.5 Å². The molecular formula is C35H52F2N10O2. The number of anilines is 3. The van der Waals surface area contributed by atoms with Crippen molar-refractivity contribution in [1.82, 2.24) is 30.0 Å². The largest absolute Gasteiger partial charge is 0.370 e. The lowest BCUT2D eigenvalue weighted by Crippen LogP contribution is -2.66. The molecule has 14 heteroatoms. The number of aromatic nitrogens is 2. The van der Waals surface area contributed by atoms with Crippen molar-refractivity contribution in [3.63, 3.8) is 0 Å². The van der Waals surface area contributed by atoms with Crippen LogP contribution in [0.4, 0.5) is 26.1 Å². The molecule has 268 valence electrons. The topological polar surface area (TPSA) is 126 Å². The third-order valence-electron chi connectivity index (χ3n) is 10.9. The molecule has 0 radical (unpaired) electrons. The normalized spacial score (nSPS) is 21.9. The molecule has 6 rings (SSSR count). The number of carbonyl (C=O) groups is 2. The third kappa shape index (κ3) is 9.14. The van der Waals surface area contributed by atoms with Crippen molar-refractivity contribution >= 4 is 29.1 Å². The second-order valence-corrected chi connectivity index (χ2v) is 15.1. The molecule has 1 aromatic heterocycles. The Labute approximate surface area is 288 Å². The average molecular weight is 683 g/mol. The fraction of sp³-hybridized carbons (Fsp3) is 0.657. The molecule has 5 heterocycles. The molecular weight excluding hydrogens is 630 g/mol. The Morgan fingerprint density at radius 1 is 0.878 bits per heavy atom. The Balaban J connectivity index is 0.999. The van der Waals surface area contributed by atoms with Gasteiger partial charge in [0.15, 0.2) is 0 Å². The van der Waals surface area contributed by atoms with Crippen LogP contribution in [0.2, 0.25) is 0 Å². The lowest BCUT2D eigenvalue weighted by Gasteiger charge is -2.48. The fourth-order valence-electron chi connectivity index (χ4n) is 7.55. The van der Waals surface area contributed by atoms with E-state index >= 15 is 8.78 Å². The highest BCUT2D eigenvalue weighted by molar-refractivity contribution is 5.84. The van der Waals surface area contributed by atoms with Gasteiger partial charge < -0.3 is 31.1 Å². The van der Waals surface area contributed by atoms with E-state index in [-0.39, 0.29) is 29.5 Å². The van der Waals surface area contributed by atoms with E-state index in [1.165, 1.54) is 12.1 Å². The molecule has 12 nitrogen and oxygen atoms in total. The van der Waals surface area contributed by atoms with Crippen LogP contribution in [0.5, 0.6) is 0 Å². The molecule has 0 aliphatic carbocycles. The first-order valence-corrected chi connectivity index (χ1v) is 17.8. The number of piperazine rings is 2. The van der Waals surface area contributed by atoms with Crippen molar-refractivity contribution in [3.8, 4) is 0 Å². The van der Waals surface area contributed by atoms with E-state index in [0.29, 0.717) is 51.0 Å². The summed E-state index contributed by atoms with van der Waals surface area (Å²) in [4.78, 5) is 43.7. The first-order chi connectivity index (χ1) is 23.5. The van der Waals surface area contributed by atoms with E-state index in [0.717, 1.165) is 83.4 Å². The summed E-state index contributed by atoms with van der Waals surface area (Å²) >= 11 is 0. The smallest absolute Gasteiger partial charge is 0.240 e. The van der Waals surface area contributed by atoms with Crippen LogP contribution in [-0.2, 0) is 16.1 Å². The van der Waals surface area contributed by atoms with Gasteiger partial charge in [0.25, 0.3) is 0 Å². The number of piperidine rings is 2. The summed E-state index contributed by atoms with van der Waals surface area (Å²) < 4.78 is 30.9. The van der Waals surface area contributed by atoms with E-state index in [1.54, 1.807) is 11.2 Å². The Bertz CT molecular complexity index is 1470. The summed E-state index contributed by atoms with van der Waals surface area (Å²) in [5.74, 6) is 0.220. The van der Waals surface area contributed by atoms with Gasteiger partial charge in [0.05, 0.1) is 17.8 Å². The van der Waals surface area contributed by atoms with Crippen LogP contribution in [0.3, 0.4) is 0 Å². The van der Waals surface area contributed by atoms with Gasteiger partial charge in [0.2, 0.25) is 11.8 Å². The third-order valence-corrected chi connectivity index (χ3v) is 10.9. The van der Waals surface area contributed by atoms with Gasteiger partial charge in [-0.2, -0.15) is 0 Å². The number of nitrogens with zero attached hydrogens (tertiary/aromatic N) is 7. The van der Waals surface area contributed by atoms with Crippen LogP contribution < -0.4 is 26.2 Å². The van der Waals surface area contributed by atoms with E-state index in [4.69, 9.17) is 5.73 Å². The molecule has 0 unspecified atom stereocenters. The summed E-state index contributed by atoms with van der Waals surface area (Å²) in [6, 6.07) is 4.56. The molecule has 0 atom stereocenters. The molecule has 4 aliphatic heterocycles. The molecule has 4 fully saturated rings. The minimum Gasteiger partial charge on any atom is -0.370 e. The van der Waals surface area contributed by atoms with Gasteiger partial charge in [-0.3, -0.25) is 19.4 Å². The number of halogens is 2. The van der Waals surface area contributed by atoms with Crippen molar-refractivity contribution in [2.24, 2.45) is 11.1 Å². The standard InChI is InChI=1S/C35H52F2N10O2/c1-34(2)4-10-45(11-5-34)22-26-19-28(37)29(20-27(26)36)47-23-33(49)42-35(24-47)6-12-46(13-7-35)32-21-31(40-25-41-32)39-8-14-44-17-15-43(16-18-44)9-3-30(38)48/h19-21,25H,3-18,22-24H2,1-2H3,(H2,38,48)(H,42,49)(H,39,40,41). The van der Waals surface area contributed by atoms with Crippen molar-refractivity contribution in [2.45, 2.75) is 58.0 Å². The predicted molar refractivity (Wildman–Crippen MR) is 186 cm³/mol. The molecule has 0 bridgehead atoms. The average Bonchev–Trinajstić information content (AvgIpc) is 3.07. The number of hydrogen-bond acceptors (Lipinski definition) is 10. The highest BCUT2D eigenvalue weighted by Gasteiger charge is 2.42. The number of likely N-dealkylation sites (tertiary alicyclic amines) is 1. The van der Waals surface area contributed by atoms with Crippen LogP contribution in [-0.4, -0.2) is 127 Å². The zero-order valence-corrected chi connectivity index (χ0v) is 29.0. The van der Waals surface area contributed by atoms with Crippen LogP contribution >= 0.6 is 0 Å². The monoisotopic (exact) mass is 682 g/mol. The maximum Gasteiger partial charge on any atom is 0.240 e. The maximum atomic E-state index is 15.6. The van der Waals surface area contributed by atoms with Gasteiger partial charge in [-0.05, 0) is 50.3 Å². The lowest BCUT2D eigenvalue weighted by molar-refractivity contribution is -0.123. The number of hydrogen-bond donors (Lipinski definition) is 3. The molecule has 4 aliphatic rings. The Kier molecular flexibility index (Phi) is 10.8. The van der Waals surface area contributed by atoms with E-state index < -0.39 is 17.2 Å². The summed E-state index contributed by atoms with van der Waals surface area (Å²) in [7, 11) is 0. The molecule has 2 amide bonds. The van der Waals surface area contributed by atoms with Crippen molar-refractivity contribution in [2.75, 3.05) is 100 Å². The molecule has 49 heavy (non-hydrogen) atoms. The summed E-state index contributed by atoms with van der Waals surface area (Å²) in [6.07, 6.45) is 5.34. The number of rotatable bonds is 11. The number of nitrogens with two attached hydrogens (primary N) is 1. The van der Waals surface area contributed by atoms with Gasteiger partial charge in [0, 0.05) is 96.1 Å². The van der Waals surface area contributed by atoms with Gasteiger partial charge in [0.1, 0.15) is 29.6 Å². The van der Waals surface area contributed by atoms with Gasteiger partial charge >= 0.3 is 0 Å². The zero-order valence-electron chi connectivity index (χ0n) is 29.0. The van der Waals surface area contributed by atoms with Crippen molar-refractivity contribution in [1.29, 1.82) is 0 Å². The summed E-state index contributed by atoms with van der Waals surface area (Å²) in [5.41, 5.74) is 5.54. The maximum absolute atomic E-state index is 15.6. The van der Waals surface area contributed by atoms with Crippen LogP contribution in [0.25, 0.3) is 0 Å². The van der Waals surface area contributed by atoms with Gasteiger partial charge in [-0.1, -0.05) is 13.8 Å². The van der Waals surface area contributed by atoms with E-state index in [9.17, 15) is 9.59 Å². The SMILES string of the molecule is CC1(C)CCN(Cc2cc(F)c(N3CC(=O)NC4(CCN(c5cc(NCCN6CCN(CCC(N)=O)CC6)ncn5)CC4)C3)cc2F)CC1. The molecule has 1 spiro atoms. The number of amides is 2. The Morgan fingerprint density at radius 3 is 2.27 bits per heavy atom. The van der Waals surface area contributed by atoms with Crippen LogP contribution in [0.1, 0.15) is 51.5 Å². The highest BCUT2D eigenvalue weighted by atomic mass is 19.1. The first kappa shape index (κ1) is 35.2. The lowest BCUT2D eigenvalue weighted by atomic mass is 9.82. The summed E-state index contributed by atoms with van der Waals surface area (Å²) in [5, 5.41) is 6.61. The minimum atomic E-state index is -0.536. The van der Waals surface area contributed by atoms with E-state index in [1.807, 2.05) is 6.07 Å². The molecule has 2 aromatic rings. The fourth-order valence-corrected chi connectivity index (χ4v) is 7.55. The second-order valence-electron chi connectivity index (χ2n) is 15.1. The minimum absolute atomic E-state index is 0.00566. The zero-order chi connectivity index (χ0) is 34.6. The number of benzene rings is 1. The number of carbonyl (C=O) groups excluding carboxylic acids is 2. The Hall–Kier alpha value is -3.62. The van der Waals surface area contributed by atoms with Crippen LogP contribution in [0, 0.1) is 17.0 Å². The van der Waals surface area contributed by atoms with Gasteiger partial charge in [-0.15, -0.1) is 0 Å². The predicted octanol–water partition coefficient (Wildman–Crippen LogP) is 2.26. The number of nitrogens with one attached hydrogen (secondary N) is 2. The molecule has 1 aromatic carbocycles. The highest BCUT2D eigenvalue weighted by Crippen LogP contribution is 2.34. The Morgan fingerprint density at radius 2 is 1.57 bits per heavy atom. The number of primary amides is 1. The van der Waals surface area contributed by atoms with Crippen molar-refractivity contribution in [3.05, 3.63) is 41.7 Å². The first-order valence-electron chi connectivity index (χ1n) is 17.8. The van der Waals surface area contributed by atoms with Gasteiger partial charge in [-0.25, -0.2) is 18.7 Å². The molecule has 0 saturated carbocycles. The van der Waals surface area contributed by atoms with E-state index in [2.05, 4.69) is 54.0 Å². The molecule has 4 N–H and O–H groups in total. The second kappa shape index (κ2) is 15.1. The summed E-state index contributed by atoms with van der Waals surface area (Å²) in [6.45, 7) is 14.5.